The van der Waals surface area contributed by atoms with Crippen molar-refractivity contribution in [2.45, 2.75) is 19.5 Å². The monoisotopic (exact) mass is 226 g/mol. The molecule has 1 unspecified atom stereocenters. The lowest BCUT2D eigenvalue weighted by Gasteiger charge is -2.24. The number of rotatable bonds is 5. The number of benzene rings is 1. The molecule has 1 aromatic rings. The van der Waals surface area contributed by atoms with Crippen molar-refractivity contribution in [1.82, 2.24) is 4.90 Å². The molecular formula is C12H19FN2O. The van der Waals surface area contributed by atoms with Crippen LogP contribution in [0.5, 0.6) is 0 Å². The summed E-state index contributed by atoms with van der Waals surface area (Å²) in [4.78, 5) is 2.03. The minimum atomic E-state index is -0.320. The Bertz CT molecular complexity index is 344. The van der Waals surface area contributed by atoms with Crippen molar-refractivity contribution in [1.29, 1.82) is 0 Å². The van der Waals surface area contributed by atoms with Crippen molar-refractivity contribution in [3.05, 3.63) is 29.6 Å². The molecule has 3 nitrogen and oxygen atoms in total. The first-order valence-electron chi connectivity index (χ1n) is 5.28. The predicted octanol–water partition coefficient (Wildman–Crippen LogP) is 1.87. The number of ether oxygens (including phenoxy) is 1. The zero-order valence-electron chi connectivity index (χ0n) is 10.0. The van der Waals surface area contributed by atoms with Crippen LogP contribution in [0.3, 0.4) is 0 Å². The normalized spacial score (nSPS) is 13.1. The standard InChI is InChI=1S/C12H19FN2O/c1-9(8-16-3)15(2)7-10-5-4-6-11(14)12(10)13/h4-6,9H,7-8,14H2,1-3H3. The summed E-state index contributed by atoms with van der Waals surface area (Å²) in [6, 6.07) is 5.33. The van der Waals surface area contributed by atoms with Gasteiger partial charge in [-0.1, -0.05) is 12.1 Å². The fourth-order valence-corrected chi connectivity index (χ4v) is 1.51. The Morgan fingerprint density at radius 3 is 2.81 bits per heavy atom. The van der Waals surface area contributed by atoms with E-state index in [0.717, 1.165) is 0 Å². The molecule has 0 aliphatic rings. The van der Waals surface area contributed by atoms with Gasteiger partial charge in [0.15, 0.2) is 5.82 Å². The Morgan fingerprint density at radius 1 is 1.50 bits per heavy atom. The first-order valence-corrected chi connectivity index (χ1v) is 5.28. The van der Waals surface area contributed by atoms with Crippen LogP contribution in [0.2, 0.25) is 0 Å². The number of hydrogen-bond donors (Lipinski definition) is 1. The molecule has 0 spiro atoms. The van der Waals surface area contributed by atoms with Gasteiger partial charge in [-0.2, -0.15) is 0 Å². The van der Waals surface area contributed by atoms with E-state index in [4.69, 9.17) is 10.5 Å². The molecule has 1 atom stereocenters. The van der Waals surface area contributed by atoms with Crippen LogP contribution < -0.4 is 5.73 Å². The van der Waals surface area contributed by atoms with Gasteiger partial charge in [0.05, 0.1) is 12.3 Å². The van der Waals surface area contributed by atoms with E-state index in [1.54, 1.807) is 25.3 Å². The second-order valence-electron chi connectivity index (χ2n) is 4.04. The number of nitrogens with zero attached hydrogens (tertiary/aromatic N) is 1. The molecule has 0 radical (unpaired) electrons. The van der Waals surface area contributed by atoms with Crippen LogP contribution >= 0.6 is 0 Å². The van der Waals surface area contributed by atoms with Crippen LogP contribution in [0, 0.1) is 5.82 Å². The molecule has 0 fully saturated rings. The van der Waals surface area contributed by atoms with E-state index in [-0.39, 0.29) is 17.5 Å². The van der Waals surface area contributed by atoms with Gasteiger partial charge in [-0.25, -0.2) is 4.39 Å². The maximum atomic E-state index is 13.6. The van der Waals surface area contributed by atoms with Crippen molar-refractivity contribution in [2.24, 2.45) is 0 Å². The van der Waals surface area contributed by atoms with E-state index in [9.17, 15) is 4.39 Å². The summed E-state index contributed by atoms with van der Waals surface area (Å²) in [6.45, 7) is 3.19. The molecular weight excluding hydrogens is 207 g/mol. The Balaban J connectivity index is 2.69. The first kappa shape index (κ1) is 12.9. The average molecular weight is 226 g/mol. The van der Waals surface area contributed by atoms with Crippen molar-refractivity contribution >= 4 is 5.69 Å². The van der Waals surface area contributed by atoms with Crippen LogP contribution in [0.1, 0.15) is 12.5 Å². The van der Waals surface area contributed by atoms with Gasteiger partial charge in [-0.3, -0.25) is 4.90 Å². The maximum absolute atomic E-state index is 13.6. The second-order valence-corrected chi connectivity index (χ2v) is 4.04. The summed E-state index contributed by atoms with van der Waals surface area (Å²) in [5.74, 6) is -0.320. The lowest BCUT2D eigenvalue weighted by Crippen LogP contribution is -2.32. The second kappa shape index (κ2) is 5.82. The van der Waals surface area contributed by atoms with Crippen molar-refractivity contribution in [3.8, 4) is 0 Å². The molecule has 0 aromatic heterocycles. The van der Waals surface area contributed by atoms with Crippen LogP contribution in [0.25, 0.3) is 0 Å². The molecule has 0 heterocycles. The Hall–Kier alpha value is -1.13. The molecule has 0 saturated heterocycles. The van der Waals surface area contributed by atoms with Crippen molar-refractivity contribution in [3.63, 3.8) is 0 Å². The van der Waals surface area contributed by atoms with Gasteiger partial charge in [-0.15, -0.1) is 0 Å². The smallest absolute Gasteiger partial charge is 0.150 e. The molecule has 0 aliphatic heterocycles. The third-order valence-corrected chi connectivity index (χ3v) is 2.69. The minimum Gasteiger partial charge on any atom is -0.396 e. The van der Waals surface area contributed by atoms with Gasteiger partial charge < -0.3 is 10.5 Å². The highest BCUT2D eigenvalue weighted by molar-refractivity contribution is 5.42. The predicted molar refractivity (Wildman–Crippen MR) is 63.6 cm³/mol. The molecule has 1 aromatic carbocycles. The molecule has 1 rings (SSSR count). The first-order chi connectivity index (χ1) is 7.56. The summed E-state index contributed by atoms with van der Waals surface area (Å²) < 4.78 is 18.7. The lowest BCUT2D eigenvalue weighted by molar-refractivity contribution is 0.111. The highest BCUT2D eigenvalue weighted by Gasteiger charge is 2.12. The lowest BCUT2D eigenvalue weighted by atomic mass is 10.1. The summed E-state index contributed by atoms with van der Waals surface area (Å²) in [6.07, 6.45) is 0. The highest BCUT2D eigenvalue weighted by Crippen LogP contribution is 2.16. The molecule has 0 bridgehead atoms. The molecule has 0 aliphatic carbocycles. The Morgan fingerprint density at radius 2 is 2.19 bits per heavy atom. The zero-order valence-corrected chi connectivity index (χ0v) is 10.0. The summed E-state index contributed by atoms with van der Waals surface area (Å²) in [5, 5.41) is 0. The van der Waals surface area contributed by atoms with E-state index >= 15 is 0 Å². The van der Waals surface area contributed by atoms with E-state index in [1.165, 1.54) is 0 Å². The minimum absolute atomic E-state index is 0.199. The number of nitrogen functional groups attached to an aromatic ring is 1. The summed E-state index contributed by atoms with van der Waals surface area (Å²) in [7, 11) is 3.59. The molecule has 0 amide bonds. The number of methoxy groups -OCH3 is 1. The maximum Gasteiger partial charge on any atom is 0.150 e. The van der Waals surface area contributed by atoms with Crippen molar-refractivity contribution < 1.29 is 9.13 Å². The number of nitrogens with two attached hydrogens (primary N) is 1. The number of halogens is 1. The fraction of sp³-hybridized carbons (Fsp3) is 0.500. The largest absolute Gasteiger partial charge is 0.396 e. The third-order valence-electron chi connectivity index (χ3n) is 2.69. The third kappa shape index (κ3) is 3.18. The van der Waals surface area contributed by atoms with Gasteiger partial charge in [0.1, 0.15) is 0 Å². The van der Waals surface area contributed by atoms with Crippen LogP contribution in [0.15, 0.2) is 18.2 Å². The van der Waals surface area contributed by atoms with E-state index in [2.05, 4.69) is 0 Å². The van der Waals surface area contributed by atoms with Gasteiger partial charge in [0.2, 0.25) is 0 Å². The molecule has 2 N–H and O–H groups in total. The number of anilines is 1. The Kier molecular flexibility index (Phi) is 4.71. The molecule has 0 saturated carbocycles. The zero-order chi connectivity index (χ0) is 12.1. The summed E-state index contributed by atoms with van der Waals surface area (Å²) in [5.41, 5.74) is 6.33. The van der Waals surface area contributed by atoms with E-state index < -0.39 is 0 Å². The molecule has 16 heavy (non-hydrogen) atoms. The Labute approximate surface area is 96.0 Å². The molecule has 4 heteroatoms. The fourth-order valence-electron chi connectivity index (χ4n) is 1.51. The quantitative estimate of drug-likeness (QED) is 0.779. The van der Waals surface area contributed by atoms with Gasteiger partial charge >= 0.3 is 0 Å². The van der Waals surface area contributed by atoms with Gasteiger partial charge in [0, 0.05) is 25.3 Å². The summed E-state index contributed by atoms with van der Waals surface area (Å²) >= 11 is 0. The number of likely N-dealkylation sites (N-methyl/N-ethyl adjacent to an activating group) is 1. The van der Waals surface area contributed by atoms with Crippen molar-refractivity contribution in [2.75, 3.05) is 26.5 Å². The SMILES string of the molecule is COCC(C)N(C)Cc1cccc(N)c1F. The highest BCUT2D eigenvalue weighted by atomic mass is 19.1. The van der Waals surface area contributed by atoms with Gasteiger partial charge in [-0.05, 0) is 20.0 Å². The number of hydrogen-bond acceptors (Lipinski definition) is 3. The van der Waals surface area contributed by atoms with Gasteiger partial charge in [0.25, 0.3) is 0 Å². The van der Waals surface area contributed by atoms with Crippen LogP contribution in [-0.4, -0.2) is 31.7 Å². The molecule has 90 valence electrons. The van der Waals surface area contributed by atoms with Crippen LogP contribution in [-0.2, 0) is 11.3 Å². The average Bonchev–Trinajstić information content (AvgIpc) is 2.25. The van der Waals surface area contributed by atoms with E-state index in [0.29, 0.717) is 18.7 Å². The van der Waals surface area contributed by atoms with Crippen LogP contribution in [0.4, 0.5) is 10.1 Å². The topological polar surface area (TPSA) is 38.5 Å². The van der Waals surface area contributed by atoms with E-state index in [1.807, 2.05) is 18.9 Å².